The van der Waals surface area contributed by atoms with Crippen LogP contribution in [0.2, 0.25) is 0 Å². The van der Waals surface area contributed by atoms with Gasteiger partial charge in [0.1, 0.15) is 29.1 Å². The zero-order valence-electron chi connectivity index (χ0n) is 31.9. The Morgan fingerprint density at radius 3 is 1.84 bits per heavy atom. The Bertz CT molecular complexity index is 1060. The van der Waals surface area contributed by atoms with E-state index in [1.807, 2.05) is 13.8 Å². The summed E-state index contributed by atoms with van der Waals surface area (Å²) in [7, 11) is 0. The fourth-order valence-electron chi connectivity index (χ4n) is 5.79. The van der Waals surface area contributed by atoms with Crippen LogP contribution in [0.4, 0.5) is 4.79 Å². The van der Waals surface area contributed by atoms with E-state index < -0.39 is 53.3 Å². The third kappa shape index (κ3) is 19.7. The van der Waals surface area contributed by atoms with E-state index in [1.54, 1.807) is 27.7 Å². The number of hydrogen-bond donors (Lipinski definition) is 4. The smallest absolute Gasteiger partial charge is 0.325 e. The molecule has 5 N–H and O–H groups in total. The van der Waals surface area contributed by atoms with Crippen LogP contribution in [0.15, 0.2) is 0 Å². The molecule has 3 fully saturated rings. The van der Waals surface area contributed by atoms with Gasteiger partial charge in [0, 0.05) is 6.54 Å². The van der Waals surface area contributed by atoms with Gasteiger partial charge in [-0.1, -0.05) is 73.1 Å². The van der Waals surface area contributed by atoms with Gasteiger partial charge >= 0.3 is 12.0 Å². The molecule has 0 bridgehead atoms. The van der Waals surface area contributed by atoms with Crippen LogP contribution in [0.25, 0.3) is 0 Å². The molecule has 1 heterocycles. The highest BCUT2D eigenvalue weighted by atomic mass is 35.5. The van der Waals surface area contributed by atoms with Gasteiger partial charge in [0.25, 0.3) is 5.91 Å². The van der Waals surface area contributed by atoms with E-state index in [1.165, 1.54) is 4.90 Å². The molecule has 290 valence electrons. The average Bonchev–Trinajstić information content (AvgIpc) is 3.49. The fraction of sp³-hybridized carbons (Fsp3) is 0.833. The second-order valence-electron chi connectivity index (χ2n) is 14.6. The van der Waals surface area contributed by atoms with E-state index in [0.717, 1.165) is 57.3 Å². The topological polar surface area (TPSA) is 177 Å². The molecule has 1 aliphatic heterocycles. The summed E-state index contributed by atoms with van der Waals surface area (Å²) in [6.07, 6.45) is 8.65. The lowest BCUT2D eigenvalue weighted by atomic mass is 9.80. The Hall–Kier alpha value is -2.60. The van der Waals surface area contributed by atoms with E-state index in [4.69, 9.17) is 33.7 Å². The van der Waals surface area contributed by atoms with Crippen molar-refractivity contribution in [1.82, 2.24) is 20.9 Å². The minimum atomic E-state index is -1.09. The molecule has 2 saturated carbocycles. The number of ketones is 1. The Morgan fingerprint density at radius 1 is 0.840 bits per heavy atom. The molecule has 3 atom stereocenters. The molecule has 50 heavy (non-hydrogen) atoms. The lowest BCUT2D eigenvalue weighted by Gasteiger charge is -2.35. The summed E-state index contributed by atoms with van der Waals surface area (Å²) < 4.78 is 5.22. The number of nitrogens with two attached hydrogens (primary N) is 1. The van der Waals surface area contributed by atoms with Crippen LogP contribution in [-0.2, 0) is 28.7 Å². The number of hydrogen-bond acceptors (Lipinski definition) is 7. The largest absolute Gasteiger partial charge is 0.459 e. The number of nitrogens with one attached hydrogen (secondary N) is 3. The van der Waals surface area contributed by atoms with Crippen LogP contribution in [0.3, 0.4) is 0 Å². The minimum Gasteiger partial charge on any atom is -0.459 e. The number of primary amides is 1. The van der Waals surface area contributed by atoms with Crippen molar-refractivity contribution >= 4 is 58.7 Å². The first kappa shape index (κ1) is 47.4. The quantitative estimate of drug-likeness (QED) is 0.117. The first-order valence-electron chi connectivity index (χ1n) is 18.3. The second kappa shape index (κ2) is 24.6. The molecule has 0 aromatic rings. The monoisotopic (exact) mass is 749 g/mol. The number of alkyl halides is 2. The van der Waals surface area contributed by atoms with Gasteiger partial charge in [-0.05, 0) is 77.6 Å². The third-order valence-electron chi connectivity index (χ3n) is 8.00. The number of carbonyl (C=O) groups excluding carboxylic acids is 6. The molecule has 5 amide bonds. The highest BCUT2D eigenvalue weighted by Crippen LogP contribution is 2.32. The predicted octanol–water partition coefficient (Wildman–Crippen LogP) is 5.80. The number of halogens is 2. The Morgan fingerprint density at radius 2 is 1.38 bits per heavy atom. The molecule has 1 saturated heterocycles. The molecular weight excluding hydrogens is 685 g/mol. The first-order valence-corrected chi connectivity index (χ1v) is 19.2. The van der Waals surface area contributed by atoms with Crippen molar-refractivity contribution in [3.05, 3.63) is 0 Å². The maximum Gasteiger partial charge on any atom is 0.325 e. The minimum absolute atomic E-state index is 0.111. The third-order valence-corrected chi connectivity index (χ3v) is 8.00. The van der Waals surface area contributed by atoms with Gasteiger partial charge in [-0.2, -0.15) is 0 Å². The molecule has 0 aromatic carbocycles. The van der Waals surface area contributed by atoms with Gasteiger partial charge in [-0.25, -0.2) is 4.79 Å². The SMILES string of the molecule is CC.CC(C)(C)OC(=O)CNC(=O)NC(C(=O)N1CCC[C@H]1C(=O)NC(CC1CCC1)C(=O)C(N)=O)C1CCCCC1.CC(C)C.CC(Cl)Cl. The summed E-state index contributed by atoms with van der Waals surface area (Å²) in [6, 6.07) is -3.37. The first-order chi connectivity index (χ1) is 23.3. The molecule has 0 spiro atoms. The molecule has 2 unspecified atom stereocenters. The standard InChI is InChI=1S/C28H45N5O7.C4H10.C2H4Cl2.C2H6/c1-28(2,3)40-21(34)16-30-27(39)32-22(18-11-5-4-6-12-18)26(38)33-14-8-13-20(33)25(37)31-19(23(35)24(29)36)15-17-9-7-10-17;1-4(2)3;1-2(3)4;1-2/h17-20,22H,4-16H2,1-3H3,(H2,29,36)(H,31,37)(H2,30,32,39);4H,1-3H3;2H,1H3;1-2H3/t19?,20-,22?;;;/m0.../s1. The maximum atomic E-state index is 13.9. The van der Waals surface area contributed by atoms with Crippen LogP contribution < -0.4 is 21.7 Å². The highest BCUT2D eigenvalue weighted by molar-refractivity contribution is 6.43. The van der Waals surface area contributed by atoms with E-state index in [9.17, 15) is 28.8 Å². The van der Waals surface area contributed by atoms with Crippen molar-refractivity contribution in [2.45, 2.75) is 162 Å². The summed E-state index contributed by atoms with van der Waals surface area (Å²) in [4.78, 5) is 77.3. The molecular formula is C36H65Cl2N5O7. The maximum absolute atomic E-state index is 13.9. The number of urea groups is 1. The zero-order valence-corrected chi connectivity index (χ0v) is 33.4. The zero-order chi connectivity index (χ0) is 38.6. The summed E-state index contributed by atoms with van der Waals surface area (Å²) in [5.74, 6) is -2.42. The van der Waals surface area contributed by atoms with Crippen LogP contribution in [0, 0.1) is 17.8 Å². The lowest BCUT2D eigenvalue weighted by Crippen LogP contribution is -2.59. The van der Waals surface area contributed by atoms with Crippen molar-refractivity contribution < 1.29 is 33.5 Å². The van der Waals surface area contributed by atoms with Gasteiger partial charge in [0.2, 0.25) is 17.6 Å². The number of amides is 5. The van der Waals surface area contributed by atoms with E-state index in [2.05, 4.69) is 36.7 Å². The molecule has 3 aliphatic rings. The van der Waals surface area contributed by atoms with Gasteiger partial charge in [-0.3, -0.25) is 24.0 Å². The van der Waals surface area contributed by atoms with Gasteiger partial charge in [0.15, 0.2) is 0 Å². The summed E-state index contributed by atoms with van der Waals surface area (Å²) in [6.45, 7) is 17.4. The van der Waals surface area contributed by atoms with Crippen molar-refractivity contribution in [2.24, 2.45) is 23.5 Å². The number of carbonyl (C=O) groups is 6. The highest BCUT2D eigenvalue weighted by Gasteiger charge is 2.42. The number of Topliss-reactive ketones (excluding diaryl/α,β-unsaturated/α-hetero) is 1. The molecule has 0 aromatic heterocycles. The molecule has 3 rings (SSSR count). The number of ether oxygens (including phenoxy) is 1. The number of likely N-dealkylation sites (tertiary alicyclic amines) is 1. The van der Waals surface area contributed by atoms with Crippen molar-refractivity contribution in [1.29, 1.82) is 0 Å². The Kier molecular flexibility index (Phi) is 23.3. The molecule has 12 nitrogen and oxygen atoms in total. The molecule has 2 aliphatic carbocycles. The van der Waals surface area contributed by atoms with Crippen LogP contribution in [-0.4, -0.2) is 82.1 Å². The van der Waals surface area contributed by atoms with Gasteiger partial charge in [0.05, 0.1) is 6.04 Å². The van der Waals surface area contributed by atoms with Crippen molar-refractivity contribution in [3.63, 3.8) is 0 Å². The number of rotatable bonds is 11. The van der Waals surface area contributed by atoms with E-state index >= 15 is 0 Å². The Balaban J connectivity index is 0.00000213. The molecule has 14 heteroatoms. The average molecular weight is 751 g/mol. The lowest BCUT2D eigenvalue weighted by molar-refractivity contribution is -0.153. The van der Waals surface area contributed by atoms with E-state index in [-0.39, 0.29) is 29.1 Å². The Labute approximate surface area is 310 Å². The normalized spacial score (nSPS) is 18.7. The number of nitrogens with zero attached hydrogens (tertiary/aromatic N) is 1. The van der Waals surface area contributed by atoms with Crippen LogP contribution in [0.1, 0.15) is 133 Å². The van der Waals surface area contributed by atoms with Crippen molar-refractivity contribution in [2.75, 3.05) is 13.1 Å². The summed E-state index contributed by atoms with van der Waals surface area (Å²) in [5.41, 5.74) is 4.55. The van der Waals surface area contributed by atoms with Crippen LogP contribution >= 0.6 is 23.2 Å². The van der Waals surface area contributed by atoms with Gasteiger partial charge in [-0.15, -0.1) is 23.2 Å². The van der Waals surface area contributed by atoms with Crippen LogP contribution in [0.5, 0.6) is 0 Å². The van der Waals surface area contributed by atoms with Crippen molar-refractivity contribution in [3.8, 4) is 0 Å². The van der Waals surface area contributed by atoms with E-state index in [0.29, 0.717) is 25.8 Å². The molecule has 0 radical (unpaired) electrons. The summed E-state index contributed by atoms with van der Waals surface area (Å²) in [5, 5.41) is 7.94. The number of esters is 1. The van der Waals surface area contributed by atoms with Gasteiger partial charge < -0.3 is 31.3 Å². The fourth-order valence-corrected chi connectivity index (χ4v) is 5.79. The summed E-state index contributed by atoms with van der Waals surface area (Å²) >= 11 is 10.1. The second-order valence-corrected chi connectivity index (χ2v) is 16.1. The predicted molar refractivity (Wildman–Crippen MR) is 199 cm³/mol.